The van der Waals surface area contributed by atoms with E-state index in [2.05, 4.69) is 15.2 Å². The van der Waals surface area contributed by atoms with Crippen LogP contribution in [0.4, 0.5) is 11.4 Å². The summed E-state index contributed by atoms with van der Waals surface area (Å²) < 4.78 is 12.0. The number of carbonyl (C=O) groups excluding carboxylic acids is 1. The van der Waals surface area contributed by atoms with E-state index in [1.807, 2.05) is 36.4 Å². The van der Waals surface area contributed by atoms with Gasteiger partial charge in [-0.1, -0.05) is 24.3 Å². The van der Waals surface area contributed by atoms with Crippen molar-refractivity contribution in [1.29, 1.82) is 0 Å². The first-order valence-corrected chi connectivity index (χ1v) is 10.1. The third-order valence-corrected chi connectivity index (χ3v) is 5.31. The molecule has 8 nitrogen and oxygen atoms in total. The Morgan fingerprint density at radius 1 is 1.06 bits per heavy atom. The summed E-state index contributed by atoms with van der Waals surface area (Å²) in [6, 6.07) is 18.6. The number of hydrogen-bond donors (Lipinski definition) is 2. The molecule has 5 aromatic rings. The van der Waals surface area contributed by atoms with Gasteiger partial charge >= 0.3 is 5.97 Å². The Morgan fingerprint density at radius 2 is 1.81 bits per heavy atom. The molecule has 0 fully saturated rings. The molecule has 32 heavy (non-hydrogen) atoms. The van der Waals surface area contributed by atoms with Gasteiger partial charge in [-0.15, -0.1) is 5.11 Å². The second kappa shape index (κ2) is 7.73. The molecule has 0 unspecified atom stereocenters. The monoisotopic (exact) mass is 428 g/mol. The van der Waals surface area contributed by atoms with Crippen LogP contribution in [-0.4, -0.2) is 34.2 Å². The van der Waals surface area contributed by atoms with Crippen molar-refractivity contribution >= 4 is 44.8 Å². The van der Waals surface area contributed by atoms with Gasteiger partial charge in [-0.25, -0.2) is 4.79 Å². The Morgan fingerprint density at radius 3 is 2.53 bits per heavy atom. The normalized spacial score (nSPS) is 11.7. The molecule has 2 aromatic heterocycles. The molecule has 0 saturated heterocycles. The molecule has 0 spiro atoms. The van der Waals surface area contributed by atoms with E-state index in [0.29, 0.717) is 17.1 Å². The Hall–Kier alpha value is -4.33. The Kier molecular flexibility index (Phi) is 4.74. The number of aromatic amines is 1. The van der Waals surface area contributed by atoms with E-state index in [1.165, 1.54) is 0 Å². The number of azo groups is 1. The summed E-state index contributed by atoms with van der Waals surface area (Å²) in [5.74, 6) is -0.109. The first-order valence-electron chi connectivity index (χ1n) is 10.1. The molecule has 0 radical (unpaired) electrons. The maximum absolute atomic E-state index is 12.9. The van der Waals surface area contributed by atoms with Gasteiger partial charge in [-0.05, 0) is 48.7 Å². The van der Waals surface area contributed by atoms with Gasteiger partial charge in [-0.3, -0.25) is 4.40 Å². The molecule has 160 valence electrons. The summed E-state index contributed by atoms with van der Waals surface area (Å²) in [4.78, 5) is 16.2. The van der Waals surface area contributed by atoms with Crippen LogP contribution in [0.1, 0.15) is 17.3 Å². The number of rotatable bonds is 5. The lowest BCUT2D eigenvalue weighted by Crippen LogP contribution is -2.05. The largest absolute Gasteiger partial charge is 0.497 e. The van der Waals surface area contributed by atoms with Crippen molar-refractivity contribution in [3.8, 4) is 11.6 Å². The standard InChI is InChI=1S/C24H20N4O4/c1-3-32-24(30)20-21(27-26-15-10-12-16(31-2)13-11-15)23(29)28-18-9-5-7-14-6-4-8-17(19(14)18)25-22(20)28/h4-13,25,29H,3H2,1-2H3. The Bertz CT molecular complexity index is 1490. The van der Waals surface area contributed by atoms with Gasteiger partial charge in [0.05, 0.1) is 24.9 Å². The average Bonchev–Trinajstić information content (AvgIpc) is 3.10. The second-order valence-corrected chi connectivity index (χ2v) is 7.16. The summed E-state index contributed by atoms with van der Waals surface area (Å²) >= 11 is 0. The molecule has 2 N–H and O–H groups in total. The second-order valence-electron chi connectivity index (χ2n) is 7.16. The van der Waals surface area contributed by atoms with Crippen molar-refractivity contribution in [2.75, 3.05) is 13.7 Å². The van der Waals surface area contributed by atoms with Crippen molar-refractivity contribution in [3.05, 3.63) is 66.2 Å². The molecule has 0 aliphatic rings. The Balaban J connectivity index is 1.79. The molecule has 0 bridgehead atoms. The number of ether oxygens (including phenoxy) is 2. The molecule has 0 aliphatic carbocycles. The highest BCUT2D eigenvalue weighted by Gasteiger charge is 2.27. The number of aromatic hydroxyl groups is 1. The predicted molar refractivity (Wildman–Crippen MR) is 122 cm³/mol. The maximum Gasteiger partial charge on any atom is 0.344 e. The lowest BCUT2D eigenvalue weighted by atomic mass is 10.1. The maximum atomic E-state index is 12.9. The summed E-state index contributed by atoms with van der Waals surface area (Å²) in [7, 11) is 1.58. The van der Waals surface area contributed by atoms with Gasteiger partial charge in [0.25, 0.3) is 0 Å². The molecule has 0 atom stereocenters. The molecular formula is C24H20N4O4. The van der Waals surface area contributed by atoms with Crippen LogP contribution in [0.25, 0.3) is 27.5 Å². The number of benzene rings is 3. The minimum atomic E-state index is -0.598. The summed E-state index contributed by atoms with van der Waals surface area (Å²) in [5.41, 5.74) is 2.64. The molecule has 0 saturated carbocycles. The molecular weight excluding hydrogens is 408 g/mol. The summed E-state index contributed by atoms with van der Waals surface area (Å²) in [6.45, 7) is 1.91. The zero-order valence-corrected chi connectivity index (χ0v) is 17.5. The molecule has 3 aromatic carbocycles. The molecule has 0 aliphatic heterocycles. The molecule has 5 rings (SSSR count). The first kappa shape index (κ1) is 19.6. The van der Waals surface area contributed by atoms with Crippen molar-refractivity contribution in [2.45, 2.75) is 6.92 Å². The van der Waals surface area contributed by atoms with E-state index in [1.54, 1.807) is 42.7 Å². The van der Waals surface area contributed by atoms with E-state index >= 15 is 0 Å². The molecule has 2 heterocycles. The number of H-pyrrole nitrogens is 1. The van der Waals surface area contributed by atoms with Gasteiger partial charge in [0.15, 0.2) is 5.69 Å². The predicted octanol–water partition coefficient (Wildman–Crippen LogP) is 5.88. The lowest BCUT2D eigenvalue weighted by molar-refractivity contribution is 0.0529. The van der Waals surface area contributed by atoms with E-state index in [-0.39, 0.29) is 23.7 Å². The zero-order valence-electron chi connectivity index (χ0n) is 17.5. The molecule has 0 amide bonds. The Labute approximate surface area is 182 Å². The fraction of sp³-hybridized carbons (Fsp3) is 0.125. The minimum absolute atomic E-state index is 0.0339. The summed E-state index contributed by atoms with van der Waals surface area (Å²) in [6.07, 6.45) is 0. The van der Waals surface area contributed by atoms with Crippen molar-refractivity contribution in [3.63, 3.8) is 0 Å². The SMILES string of the molecule is CCOC(=O)c1c(N=Nc2ccc(OC)cc2)c(O)n2c1[nH]c1cccc3cccc2c31. The van der Waals surface area contributed by atoms with Gasteiger partial charge in [-0.2, -0.15) is 5.11 Å². The smallest absolute Gasteiger partial charge is 0.344 e. The van der Waals surface area contributed by atoms with Crippen LogP contribution in [0.5, 0.6) is 11.6 Å². The van der Waals surface area contributed by atoms with Crippen LogP contribution in [0.15, 0.2) is 70.9 Å². The van der Waals surface area contributed by atoms with E-state index < -0.39 is 5.97 Å². The van der Waals surface area contributed by atoms with Crippen LogP contribution >= 0.6 is 0 Å². The van der Waals surface area contributed by atoms with Gasteiger partial charge < -0.3 is 19.6 Å². The fourth-order valence-electron chi connectivity index (χ4n) is 3.89. The van der Waals surface area contributed by atoms with Crippen LogP contribution in [0, 0.1) is 0 Å². The number of aromatic nitrogens is 2. The minimum Gasteiger partial charge on any atom is -0.497 e. The topological polar surface area (TPSA) is 101 Å². The number of nitrogens with one attached hydrogen (secondary N) is 1. The van der Waals surface area contributed by atoms with Gasteiger partial charge in [0, 0.05) is 10.9 Å². The van der Waals surface area contributed by atoms with Gasteiger partial charge in [0.1, 0.15) is 17.0 Å². The molecule has 8 heteroatoms. The van der Waals surface area contributed by atoms with E-state index in [0.717, 1.165) is 21.8 Å². The van der Waals surface area contributed by atoms with Gasteiger partial charge in [0.2, 0.25) is 5.88 Å². The highest BCUT2D eigenvalue weighted by molar-refractivity contribution is 6.11. The van der Waals surface area contributed by atoms with Crippen molar-refractivity contribution < 1.29 is 19.4 Å². The fourth-order valence-corrected chi connectivity index (χ4v) is 3.89. The van der Waals surface area contributed by atoms with Crippen LogP contribution < -0.4 is 4.74 Å². The van der Waals surface area contributed by atoms with Crippen LogP contribution in [0.2, 0.25) is 0 Å². The highest BCUT2D eigenvalue weighted by atomic mass is 16.5. The first-order chi connectivity index (χ1) is 15.6. The van der Waals surface area contributed by atoms with Crippen molar-refractivity contribution in [2.24, 2.45) is 10.2 Å². The van der Waals surface area contributed by atoms with E-state index in [4.69, 9.17) is 9.47 Å². The summed E-state index contributed by atoms with van der Waals surface area (Å²) in [5, 5.41) is 21.5. The zero-order chi connectivity index (χ0) is 22.2. The number of esters is 1. The quantitative estimate of drug-likeness (QED) is 0.270. The number of fused-ring (bicyclic) bond motifs is 2. The third-order valence-electron chi connectivity index (χ3n) is 5.31. The van der Waals surface area contributed by atoms with Crippen LogP contribution in [-0.2, 0) is 4.74 Å². The third kappa shape index (κ3) is 3.04. The number of carbonyl (C=O) groups is 1. The van der Waals surface area contributed by atoms with Crippen molar-refractivity contribution in [1.82, 2.24) is 9.38 Å². The number of hydrogen-bond acceptors (Lipinski definition) is 6. The van der Waals surface area contributed by atoms with Crippen LogP contribution in [0.3, 0.4) is 0 Å². The number of methoxy groups -OCH3 is 1. The van der Waals surface area contributed by atoms with E-state index in [9.17, 15) is 9.90 Å². The number of nitrogens with zero attached hydrogens (tertiary/aromatic N) is 3. The highest BCUT2D eigenvalue weighted by Crippen LogP contribution is 2.41. The lowest BCUT2D eigenvalue weighted by Gasteiger charge is -2.10. The average molecular weight is 428 g/mol.